The Morgan fingerprint density at radius 3 is 2.71 bits per heavy atom. The molecule has 3 fully saturated rings. The Labute approximate surface area is 153 Å². The highest BCUT2D eigenvalue weighted by atomic mass is 32.2. The normalized spacial score (nSPS) is 50.7. The van der Waals surface area contributed by atoms with Crippen LogP contribution in [0.1, 0.15) is 71.6 Å². The van der Waals surface area contributed by atoms with E-state index in [2.05, 4.69) is 37.9 Å². The molecule has 0 aliphatic heterocycles. The number of thioether (sulfide) groups is 1. The van der Waals surface area contributed by atoms with Crippen LogP contribution in [0.3, 0.4) is 0 Å². The maximum atomic E-state index is 5.71. The van der Waals surface area contributed by atoms with Crippen LogP contribution >= 0.6 is 11.8 Å². The third-order valence-electron chi connectivity index (χ3n) is 8.85. The van der Waals surface area contributed by atoms with E-state index in [4.69, 9.17) is 4.74 Å². The SMILES string of the molecule is CCC1CCC2C3CC=C4CC(OC)CCC4(C)C3CCC12SC. The molecule has 1 nitrogen and oxygen atoms in total. The molecule has 0 saturated heterocycles. The van der Waals surface area contributed by atoms with Gasteiger partial charge in [0.15, 0.2) is 0 Å². The van der Waals surface area contributed by atoms with E-state index in [0.717, 1.165) is 23.7 Å². The van der Waals surface area contributed by atoms with E-state index in [9.17, 15) is 0 Å². The van der Waals surface area contributed by atoms with Crippen molar-refractivity contribution >= 4 is 11.8 Å². The van der Waals surface area contributed by atoms with Crippen LogP contribution in [0.5, 0.6) is 0 Å². The van der Waals surface area contributed by atoms with Gasteiger partial charge in [-0.25, -0.2) is 0 Å². The lowest BCUT2D eigenvalue weighted by molar-refractivity contribution is -0.0124. The van der Waals surface area contributed by atoms with Crippen LogP contribution in [0, 0.1) is 29.1 Å². The molecule has 0 aromatic carbocycles. The Hall–Kier alpha value is 0.0500. The van der Waals surface area contributed by atoms with Gasteiger partial charge in [-0.2, -0.15) is 11.8 Å². The van der Waals surface area contributed by atoms with Gasteiger partial charge in [0.05, 0.1) is 6.10 Å². The first-order chi connectivity index (χ1) is 11.6. The zero-order valence-electron chi connectivity index (χ0n) is 16.1. The summed E-state index contributed by atoms with van der Waals surface area (Å²) in [5.41, 5.74) is 2.23. The molecule has 0 bridgehead atoms. The highest BCUT2D eigenvalue weighted by molar-refractivity contribution is 8.00. The van der Waals surface area contributed by atoms with Crippen LogP contribution in [0.25, 0.3) is 0 Å². The Balaban J connectivity index is 1.64. The van der Waals surface area contributed by atoms with E-state index in [1.807, 2.05) is 7.11 Å². The fourth-order valence-corrected chi connectivity index (χ4v) is 9.06. The van der Waals surface area contributed by atoms with Crippen molar-refractivity contribution in [2.75, 3.05) is 13.4 Å². The maximum Gasteiger partial charge on any atom is 0.0608 e. The number of ether oxygens (including phenoxy) is 1. The monoisotopic (exact) mass is 348 g/mol. The zero-order chi connectivity index (χ0) is 16.9. The van der Waals surface area contributed by atoms with Crippen LogP contribution in [0.4, 0.5) is 0 Å². The maximum absolute atomic E-state index is 5.71. The molecule has 4 aliphatic carbocycles. The molecule has 0 radical (unpaired) electrons. The van der Waals surface area contributed by atoms with Gasteiger partial charge < -0.3 is 4.74 Å². The van der Waals surface area contributed by atoms with E-state index in [0.29, 0.717) is 16.3 Å². The number of methoxy groups -OCH3 is 1. The van der Waals surface area contributed by atoms with Gasteiger partial charge in [-0.05, 0) is 86.7 Å². The molecular weight excluding hydrogens is 312 g/mol. The Bertz CT molecular complexity index is 514. The first-order valence-electron chi connectivity index (χ1n) is 10.4. The molecule has 7 atom stereocenters. The molecule has 0 amide bonds. The summed E-state index contributed by atoms with van der Waals surface area (Å²) in [5, 5.41) is 0. The van der Waals surface area contributed by atoms with Crippen LogP contribution in [-0.2, 0) is 4.74 Å². The lowest BCUT2D eigenvalue weighted by atomic mass is 9.50. The number of hydrogen-bond donors (Lipinski definition) is 0. The smallest absolute Gasteiger partial charge is 0.0608 e. The van der Waals surface area contributed by atoms with Gasteiger partial charge in [-0.1, -0.05) is 31.9 Å². The molecule has 7 unspecified atom stereocenters. The van der Waals surface area contributed by atoms with Gasteiger partial charge >= 0.3 is 0 Å². The summed E-state index contributed by atoms with van der Waals surface area (Å²) in [6.07, 6.45) is 18.1. The van der Waals surface area contributed by atoms with Gasteiger partial charge in [-0.3, -0.25) is 0 Å². The molecule has 136 valence electrons. The topological polar surface area (TPSA) is 9.23 Å². The fraction of sp³-hybridized carbons (Fsp3) is 0.909. The highest BCUT2D eigenvalue weighted by Gasteiger charge is 2.59. The minimum absolute atomic E-state index is 0.478. The van der Waals surface area contributed by atoms with Crippen molar-refractivity contribution in [3.8, 4) is 0 Å². The molecule has 0 aromatic rings. The second kappa shape index (κ2) is 6.34. The molecular formula is C22H36OS. The van der Waals surface area contributed by atoms with Gasteiger partial charge in [0.25, 0.3) is 0 Å². The summed E-state index contributed by atoms with van der Waals surface area (Å²) >= 11 is 2.24. The Kier molecular flexibility index (Phi) is 4.61. The van der Waals surface area contributed by atoms with Crippen molar-refractivity contribution in [1.82, 2.24) is 0 Å². The van der Waals surface area contributed by atoms with Crippen LogP contribution < -0.4 is 0 Å². The van der Waals surface area contributed by atoms with Crippen LogP contribution in [-0.4, -0.2) is 24.2 Å². The van der Waals surface area contributed by atoms with Crippen molar-refractivity contribution in [2.45, 2.75) is 82.5 Å². The lowest BCUT2D eigenvalue weighted by Crippen LogP contribution is -2.52. The third-order valence-corrected chi connectivity index (χ3v) is 10.5. The first-order valence-corrected chi connectivity index (χ1v) is 11.6. The number of rotatable bonds is 3. The average molecular weight is 349 g/mol. The second-order valence-corrected chi connectivity index (χ2v) is 10.4. The van der Waals surface area contributed by atoms with E-state index in [1.54, 1.807) is 5.57 Å². The van der Waals surface area contributed by atoms with Crippen molar-refractivity contribution in [2.24, 2.45) is 29.1 Å². The third kappa shape index (κ3) is 2.31. The lowest BCUT2D eigenvalue weighted by Gasteiger charge is -2.58. The second-order valence-electron chi connectivity index (χ2n) is 9.24. The van der Waals surface area contributed by atoms with Gasteiger partial charge in [0, 0.05) is 11.9 Å². The van der Waals surface area contributed by atoms with E-state index < -0.39 is 0 Å². The van der Waals surface area contributed by atoms with E-state index in [1.165, 1.54) is 57.8 Å². The van der Waals surface area contributed by atoms with Crippen molar-refractivity contribution in [1.29, 1.82) is 0 Å². The molecule has 0 spiro atoms. The van der Waals surface area contributed by atoms with Crippen LogP contribution in [0.15, 0.2) is 11.6 Å². The zero-order valence-corrected chi connectivity index (χ0v) is 17.0. The summed E-state index contributed by atoms with van der Waals surface area (Å²) in [6.45, 7) is 5.04. The number of hydrogen-bond acceptors (Lipinski definition) is 2. The number of allylic oxidation sites excluding steroid dienone is 1. The minimum Gasteiger partial charge on any atom is -0.381 e. The average Bonchev–Trinajstić information content (AvgIpc) is 3.00. The Morgan fingerprint density at radius 2 is 2.00 bits per heavy atom. The predicted octanol–water partition coefficient (Wildman–Crippen LogP) is 6.09. The summed E-state index contributed by atoms with van der Waals surface area (Å²) in [5.74, 6) is 3.85. The van der Waals surface area contributed by atoms with Gasteiger partial charge in [-0.15, -0.1) is 0 Å². The molecule has 4 aliphatic rings. The quantitative estimate of drug-likeness (QED) is 0.571. The molecule has 0 heterocycles. The summed E-state index contributed by atoms with van der Waals surface area (Å²) in [7, 11) is 1.90. The fourth-order valence-electron chi connectivity index (χ4n) is 7.52. The molecule has 0 N–H and O–H groups in total. The minimum atomic E-state index is 0.478. The highest BCUT2D eigenvalue weighted by Crippen LogP contribution is 2.66. The Morgan fingerprint density at radius 1 is 1.17 bits per heavy atom. The molecule has 4 rings (SSSR count). The summed E-state index contributed by atoms with van der Waals surface area (Å²) < 4.78 is 6.32. The summed E-state index contributed by atoms with van der Waals surface area (Å²) in [6, 6.07) is 0. The van der Waals surface area contributed by atoms with Crippen molar-refractivity contribution in [3.05, 3.63) is 11.6 Å². The molecule has 0 aromatic heterocycles. The van der Waals surface area contributed by atoms with Crippen LogP contribution in [0.2, 0.25) is 0 Å². The molecule has 3 saturated carbocycles. The van der Waals surface area contributed by atoms with E-state index >= 15 is 0 Å². The van der Waals surface area contributed by atoms with Crippen molar-refractivity contribution in [3.63, 3.8) is 0 Å². The summed E-state index contributed by atoms with van der Waals surface area (Å²) in [4.78, 5) is 0. The number of fused-ring (bicyclic) bond motifs is 5. The molecule has 2 heteroatoms. The van der Waals surface area contributed by atoms with E-state index in [-0.39, 0.29) is 0 Å². The molecule has 24 heavy (non-hydrogen) atoms. The predicted molar refractivity (Wildman–Crippen MR) is 104 cm³/mol. The van der Waals surface area contributed by atoms with Crippen molar-refractivity contribution < 1.29 is 4.74 Å². The largest absolute Gasteiger partial charge is 0.381 e. The van der Waals surface area contributed by atoms with Gasteiger partial charge in [0.2, 0.25) is 0 Å². The van der Waals surface area contributed by atoms with Gasteiger partial charge in [0.1, 0.15) is 0 Å². The first kappa shape index (κ1) is 17.5. The standard InChI is InChI=1S/C22H36OS/c1-5-15-7-9-20-18-8-6-16-14-17(23-3)10-12-21(16,2)19(18)11-13-22(15,20)24-4/h6,15,17-20H,5,7-14H2,1-4H3.